The van der Waals surface area contributed by atoms with Crippen molar-refractivity contribution in [2.45, 2.75) is 6.42 Å². The van der Waals surface area contributed by atoms with E-state index in [-0.39, 0.29) is 17.6 Å². The maximum atomic E-state index is 12.7. The van der Waals surface area contributed by atoms with Gasteiger partial charge in [-0.2, -0.15) is 0 Å². The van der Waals surface area contributed by atoms with Crippen LogP contribution in [0.15, 0.2) is 72.8 Å². The topological polar surface area (TPSA) is 95.6 Å². The highest BCUT2D eigenvalue weighted by atomic mass is 35.5. The lowest BCUT2D eigenvalue weighted by Crippen LogP contribution is -2.25. The monoisotopic (exact) mass is 469 g/mol. The average Bonchev–Trinajstić information content (AvgIpc) is 3.14. The fourth-order valence-electron chi connectivity index (χ4n) is 3.40. The number of hydrogen-bond acceptors (Lipinski definition) is 4. The molecule has 0 unspecified atom stereocenters. The van der Waals surface area contributed by atoms with Crippen molar-refractivity contribution in [2.24, 2.45) is 0 Å². The molecule has 0 aliphatic carbocycles. The Morgan fingerprint density at radius 3 is 1.75 bits per heavy atom. The zero-order valence-electron chi connectivity index (χ0n) is 16.9. The summed E-state index contributed by atoms with van der Waals surface area (Å²) >= 11 is 5.87. The summed E-state index contributed by atoms with van der Waals surface area (Å²) in [7, 11) is -3.28. The van der Waals surface area contributed by atoms with Crippen LogP contribution in [0.2, 0.25) is 5.02 Å². The second-order valence-corrected chi connectivity index (χ2v) is 9.70. The second kappa shape index (κ2) is 9.02. The molecule has 2 amide bonds. The number of nitrogens with zero attached hydrogens (tertiary/aromatic N) is 1. The van der Waals surface area contributed by atoms with Gasteiger partial charge in [0.15, 0.2) is 0 Å². The van der Waals surface area contributed by atoms with Gasteiger partial charge in [0.25, 0.3) is 11.8 Å². The minimum Gasteiger partial charge on any atom is -0.320 e. The predicted molar refractivity (Wildman–Crippen MR) is 126 cm³/mol. The number of rotatable bonds is 5. The van der Waals surface area contributed by atoms with Crippen molar-refractivity contribution >= 4 is 50.5 Å². The van der Waals surface area contributed by atoms with Gasteiger partial charge in [-0.15, -0.1) is 0 Å². The molecule has 32 heavy (non-hydrogen) atoms. The Kier molecular flexibility index (Phi) is 6.16. The van der Waals surface area contributed by atoms with Crippen LogP contribution in [0.5, 0.6) is 0 Å². The van der Waals surface area contributed by atoms with E-state index in [1.54, 1.807) is 72.8 Å². The number of carbonyl (C=O) groups is 2. The highest BCUT2D eigenvalue weighted by Gasteiger charge is 2.28. The molecule has 0 radical (unpaired) electrons. The van der Waals surface area contributed by atoms with E-state index >= 15 is 0 Å². The Morgan fingerprint density at radius 1 is 0.781 bits per heavy atom. The van der Waals surface area contributed by atoms with Gasteiger partial charge in [-0.05, 0) is 67.1 Å². The third kappa shape index (κ3) is 4.76. The maximum absolute atomic E-state index is 12.7. The first-order chi connectivity index (χ1) is 15.3. The van der Waals surface area contributed by atoms with Crippen LogP contribution in [0.1, 0.15) is 27.1 Å². The Morgan fingerprint density at radius 2 is 1.28 bits per heavy atom. The number of hydrogen-bond donors (Lipinski definition) is 2. The average molecular weight is 470 g/mol. The zero-order chi connectivity index (χ0) is 22.7. The van der Waals surface area contributed by atoms with E-state index in [0.717, 1.165) is 0 Å². The number of anilines is 3. The lowest BCUT2D eigenvalue weighted by Gasteiger charge is -2.17. The molecule has 3 aromatic rings. The van der Waals surface area contributed by atoms with Crippen molar-refractivity contribution in [3.63, 3.8) is 0 Å². The van der Waals surface area contributed by atoms with Crippen molar-refractivity contribution in [3.8, 4) is 0 Å². The van der Waals surface area contributed by atoms with E-state index in [1.807, 2.05) is 0 Å². The van der Waals surface area contributed by atoms with Crippen LogP contribution in [-0.4, -0.2) is 32.5 Å². The van der Waals surface area contributed by atoms with Crippen molar-refractivity contribution in [1.29, 1.82) is 0 Å². The number of benzene rings is 3. The summed E-state index contributed by atoms with van der Waals surface area (Å²) in [4.78, 5) is 25.3. The molecule has 1 saturated heterocycles. The van der Waals surface area contributed by atoms with Crippen LogP contribution in [0, 0.1) is 0 Å². The molecule has 0 bridgehead atoms. The van der Waals surface area contributed by atoms with Crippen LogP contribution in [0.3, 0.4) is 0 Å². The maximum Gasteiger partial charge on any atom is 0.255 e. The number of halogens is 1. The summed E-state index contributed by atoms with van der Waals surface area (Å²) in [6.07, 6.45) is 0.586. The van der Waals surface area contributed by atoms with Gasteiger partial charge in [-0.3, -0.25) is 13.9 Å². The van der Waals surface area contributed by atoms with Gasteiger partial charge >= 0.3 is 0 Å². The van der Waals surface area contributed by atoms with Gasteiger partial charge in [0.1, 0.15) is 0 Å². The van der Waals surface area contributed by atoms with Gasteiger partial charge in [-0.1, -0.05) is 23.7 Å². The van der Waals surface area contributed by atoms with Gasteiger partial charge in [0.05, 0.1) is 22.8 Å². The van der Waals surface area contributed by atoms with Crippen molar-refractivity contribution < 1.29 is 18.0 Å². The van der Waals surface area contributed by atoms with E-state index in [0.29, 0.717) is 46.2 Å². The molecule has 164 valence electrons. The van der Waals surface area contributed by atoms with Crippen LogP contribution < -0.4 is 14.9 Å². The van der Waals surface area contributed by atoms with E-state index in [9.17, 15) is 18.0 Å². The van der Waals surface area contributed by atoms with Crippen LogP contribution in [0.25, 0.3) is 0 Å². The number of sulfonamides is 1. The van der Waals surface area contributed by atoms with Crippen LogP contribution in [-0.2, 0) is 10.0 Å². The largest absolute Gasteiger partial charge is 0.320 e. The van der Waals surface area contributed by atoms with Crippen molar-refractivity contribution in [3.05, 3.63) is 88.9 Å². The molecule has 9 heteroatoms. The van der Waals surface area contributed by atoms with E-state index in [2.05, 4.69) is 10.6 Å². The molecule has 1 fully saturated rings. The molecule has 4 rings (SSSR count). The van der Waals surface area contributed by atoms with Gasteiger partial charge < -0.3 is 10.6 Å². The SMILES string of the molecule is O=C(Nc1ccccc1NC(=O)c1ccc(N2CCCS2(=O)=O)cc1)c1ccc(Cl)cc1. The lowest BCUT2D eigenvalue weighted by atomic mass is 10.1. The predicted octanol–water partition coefficient (Wildman–Crippen LogP) is 4.38. The summed E-state index contributed by atoms with van der Waals surface area (Å²) in [6, 6.07) is 19.7. The zero-order valence-corrected chi connectivity index (χ0v) is 18.5. The molecule has 0 saturated carbocycles. The molecule has 0 aromatic heterocycles. The van der Waals surface area contributed by atoms with Crippen molar-refractivity contribution in [1.82, 2.24) is 0 Å². The number of nitrogens with one attached hydrogen (secondary N) is 2. The Balaban J connectivity index is 1.48. The quantitative estimate of drug-likeness (QED) is 0.579. The summed E-state index contributed by atoms with van der Waals surface area (Å²) in [5.41, 5.74) is 2.22. The first-order valence-electron chi connectivity index (χ1n) is 9.91. The highest BCUT2D eigenvalue weighted by molar-refractivity contribution is 7.93. The Bertz CT molecular complexity index is 1260. The molecular formula is C23H20ClN3O4S. The lowest BCUT2D eigenvalue weighted by molar-refractivity contribution is 0.101. The molecule has 0 atom stereocenters. The van der Waals surface area contributed by atoms with E-state index in [4.69, 9.17) is 11.6 Å². The summed E-state index contributed by atoms with van der Waals surface area (Å²) in [5.74, 6) is -0.582. The van der Waals surface area contributed by atoms with E-state index in [1.165, 1.54) is 4.31 Å². The molecular weight excluding hydrogens is 450 g/mol. The van der Waals surface area contributed by atoms with E-state index < -0.39 is 10.0 Å². The number of para-hydroxylation sites is 2. The second-order valence-electron chi connectivity index (χ2n) is 7.25. The Hall–Kier alpha value is -3.36. The van der Waals surface area contributed by atoms with Gasteiger partial charge in [-0.25, -0.2) is 8.42 Å². The molecule has 1 aliphatic rings. The molecule has 1 heterocycles. The van der Waals surface area contributed by atoms with Gasteiger partial charge in [0.2, 0.25) is 10.0 Å². The summed E-state index contributed by atoms with van der Waals surface area (Å²) < 4.78 is 25.5. The molecule has 3 aromatic carbocycles. The summed E-state index contributed by atoms with van der Waals surface area (Å²) in [6.45, 7) is 0.439. The normalized spacial score (nSPS) is 14.7. The number of carbonyl (C=O) groups excluding carboxylic acids is 2. The summed E-state index contributed by atoms with van der Waals surface area (Å²) in [5, 5.41) is 6.11. The third-order valence-corrected chi connectivity index (χ3v) is 7.17. The van der Waals surface area contributed by atoms with Gasteiger partial charge in [0, 0.05) is 22.7 Å². The fourth-order valence-corrected chi connectivity index (χ4v) is 5.09. The highest BCUT2D eigenvalue weighted by Crippen LogP contribution is 2.26. The molecule has 2 N–H and O–H groups in total. The molecule has 1 aliphatic heterocycles. The standard InChI is InChI=1S/C23H20ClN3O4S/c24-18-10-6-16(7-11-18)22(28)25-20-4-1-2-5-21(20)26-23(29)17-8-12-19(13-9-17)27-14-3-15-32(27,30)31/h1-2,4-13H,3,14-15H2,(H,25,28)(H,26,29). The van der Waals surface area contributed by atoms with Crippen LogP contribution in [0.4, 0.5) is 17.1 Å². The smallest absolute Gasteiger partial charge is 0.255 e. The Labute approximate surface area is 191 Å². The first kappa shape index (κ1) is 21.9. The molecule has 0 spiro atoms. The third-order valence-electron chi connectivity index (χ3n) is 5.05. The molecule has 7 nitrogen and oxygen atoms in total. The number of amides is 2. The first-order valence-corrected chi connectivity index (χ1v) is 11.9. The minimum atomic E-state index is -3.28. The fraction of sp³-hybridized carbons (Fsp3) is 0.130. The van der Waals surface area contributed by atoms with Crippen molar-refractivity contribution in [2.75, 3.05) is 27.2 Å². The van der Waals surface area contributed by atoms with Crippen LogP contribution >= 0.6 is 11.6 Å². The minimum absolute atomic E-state index is 0.133.